The lowest BCUT2D eigenvalue weighted by atomic mass is 10.1. The molecule has 2 amide bonds. The van der Waals surface area contributed by atoms with Gasteiger partial charge in [0.2, 0.25) is 0 Å². The fraction of sp³-hybridized carbons (Fsp3) is 0.889. The van der Waals surface area contributed by atoms with Crippen LogP contribution in [0.3, 0.4) is 0 Å². The van der Waals surface area contributed by atoms with Crippen molar-refractivity contribution in [3.8, 4) is 0 Å². The molecule has 4 heteroatoms. The Labute approximate surface area is 78.9 Å². The molecule has 0 radical (unpaired) electrons. The SMILES string of the molecule is CN(C)C(=O)N[C@@H]1CCC[C@@H]1CO. The molecule has 0 spiro atoms. The summed E-state index contributed by atoms with van der Waals surface area (Å²) in [6.07, 6.45) is 3.11. The Hall–Kier alpha value is -0.770. The maximum Gasteiger partial charge on any atom is 0.317 e. The largest absolute Gasteiger partial charge is 0.396 e. The Morgan fingerprint density at radius 3 is 2.77 bits per heavy atom. The lowest BCUT2D eigenvalue weighted by Gasteiger charge is -2.21. The highest BCUT2D eigenvalue weighted by Gasteiger charge is 2.27. The molecule has 2 atom stereocenters. The molecule has 1 aliphatic carbocycles. The van der Waals surface area contributed by atoms with Gasteiger partial charge in [0.25, 0.3) is 0 Å². The number of amides is 2. The smallest absolute Gasteiger partial charge is 0.317 e. The number of rotatable bonds is 2. The lowest BCUT2D eigenvalue weighted by molar-refractivity contribution is 0.188. The van der Waals surface area contributed by atoms with E-state index in [9.17, 15) is 4.79 Å². The van der Waals surface area contributed by atoms with E-state index < -0.39 is 0 Å². The summed E-state index contributed by atoms with van der Waals surface area (Å²) >= 11 is 0. The van der Waals surface area contributed by atoms with E-state index in [2.05, 4.69) is 5.32 Å². The van der Waals surface area contributed by atoms with Gasteiger partial charge in [0.05, 0.1) is 0 Å². The highest BCUT2D eigenvalue weighted by molar-refractivity contribution is 5.73. The van der Waals surface area contributed by atoms with Crippen LogP contribution in [0.25, 0.3) is 0 Å². The van der Waals surface area contributed by atoms with Crippen LogP contribution in [0.1, 0.15) is 19.3 Å². The summed E-state index contributed by atoms with van der Waals surface area (Å²) in [4.78, 5) is 12.8. The van der Waals surface area contributed by atoms with Crippen LogP contribution in [0.2, 0.25) is 0 Å². The van der Waals surface area contributed by atoms with Crippen LogP contribution < -0.4 is 5.32 Å². The average molecular weight is 186 g/mol. The summed E-state index contributed by atoms with van der Waals surface area (Å²) in [7, 11) is 3.44. The number of nitrogens with zero attached hydrogens (tertiary/aromatic N) is 1. The third-order valence-corrected chi connectivity index (χ3v) is 2.61. The highest BCUT2D eigenvalue weighted by Crippen LogP contribution is 2.24. The molecule has 0 unspecified atom stereocenters. The molecule has 0 bridgehead atoms. The van der Waals surface area contributed by atoms with Crippen LogP contribution in [0.5, 0.6) is 0 Å². The number of hydrogen-bond donors (Lipinski definition) is 2. The van der Waals surface area contributed by atoms with Crippen molar-refractivity contribution in [2.45, 2.75) is 25.3 Å². The maximum atomic E-state index is 11.3. The molecule has 4 nitrogen and oxygen atoms in total. The molecule has 0 heterocycles. The van der Waals surface area contributed by atoms with Crippen LogP contribution in [-0.4, -0.2) is 42.8 Å². The zero-order valence-corrected chi connectivity index (χ0v) is 8.29. The number of aliphatic hydroxyl groups excluding tert-OH is 1. The van der Waals surface area contributed by atoms with E-state index in [1.165, 1.54) is 4.90 Å². The van der Waals surface area contributed by atoms with E-state index in [1.54, 1.807) is 14.1 Å². The first kappa shape index (κ1) is 10.3. The van der Waals surface area contributed by atoms with Gasteiger partial charge >= 0.3 is 6.03 Å². The summed E-state index contributed by atoms with van der Waals surface area (Å²) < 4.78 is 0. The fourth-order valence-corrected chi connectivity index (χ4v) is 1.73. The topological polar surface area (TPSA) is 52.6 Å². The first-order valence-corrected chi connectivity index (χ1v) is 4.74. The molecule has 1 rings (SSSR count). The molecule has 13 heavy (non-hydrogen) atoms. The van der Waals surface area contributed by atoms with Crippen molar-refractivity contribution in [3.05, 3.63) is 0 Å². The molecule has 0 saturated heterocycles. The summed E-state index contributed by atoms with van der Waals surface area (Å²) in [5.41, 5.74) is 0. The van der Waals surface area contributed by atoms with Gasteiger partial charge in [-0.2, -0.15) is 0 Å². The first-order valence-electron chi connectivity index (χ1n) is 4.74. The van der Waals surface area contributed by atoms with Crippen LogP contribution in [0.15, 0.2) is 0 Å². The Morgan fingerprint density at radius 1 is 1.54 bits per heavy atom. The fourth-order valence-electron chi connectivity index (χ4n) is 1.73. The summed E-state index contributed by atoms with van der Waals surface area (Å²) in [6.45, 7) is 0.179. The van der Waals surface area contributed by atoms with Crippen molar-refractivity contribution in [2.75, 3.05) is 20.7 Å². The second-order valence-electron chi connectivity index (χ2n) is 3.82. The van der Waals surface area contributed by atoms with Gasteiger partial charge < -0.3 is 15.3 Å². The Balaban J connectivity index is 2.39. The molecule has 1 aliphatic rings. The maximum absolute atomic E-state index is 11.3. The quantitative estimate of drug-likeness (QED) is 0.656. The van der Waals surface area contributed by atoms with Crippen molar-refractivity contribution in [1.29, 1.82) is 0 Å². The van der Waals surface area contributed by atoms with Crippen molar-refractivity contribution in [3.63, 3.8) is 0 Å². The average Bonchev–Trinajstić information content (AvgIpc) is 2.51. The zero-order chi connectivity index (χ0) is 9.84. The second kappa shape index (κ2) is 4.46. The molecule has 0 aliphatic heterocycles. The predicted octanol–water partition coefficient (Wildman–Crippen LogP) is 0.419. The lowest BCUT2D eigenvalue weighted by Crippen LogP contribution is -2.43. The summed E-state index contributed by atoms with van der Waals surface area (Å²) in [5, 5.41) is 11.9. The minimum atomic E-state index is -0.0645. The van der Waals surface area contributed by atoms with E-state index >= 15 is 0 Å². The molecule has 0 aromatic rings. The monoisotopic (exact) mass is 186 g/mol. The molecule has 1 fully saturated rings. The highest BCUT2D eigenvalue weighted by atomic mass is 16.3. The van der Waals surface area contributed by atoms with Gasteiger partial charge in [0.1, 0.15) is 0 Å². The van der Waals surface area contributed by atoms with Gasteiger partial charge in [-0.3, -0.25) is 0 Å². The Bertz CT molecular complexity index is 182. The number of hydrogen-bond acceptors (Lipinski definition) is 2. The normalized spacial score (nSPS) is 27.3. The standard InChI is InChI=1S/C9H18N2O2/c1-11(2)9(13)10-8-5-3-4-7(8)6-12/h7-8,12H,3-6H2,1-2H3,(H,10,13)/t7-,8-/m1/s1. The number of urea groups is 1. The van der Waals surface area contributed by atoms with Gasteiger partial charge in [0, 0.05) is 32.7 Å². The van der Waals surface area contributed by atoms with Gasteiger partial charge in [-0.05, 0) is 12.8 Å². The van der Waals surface area contributed by atoms with Crippen LogP contribution in [-0.2, 0) is 0 Å². The molecular weight excluding hydrogens is 168 g/mol. The van der Waals surface area contributed by atoms with Gasteiger partial charge in [-0.25, -0.2) is 4.79 Å². The van der Waals surface area contributed by atoms with Crippen LogP contribution in [0.4, 0.5) is 4.79 Å². The van der Waals surface area contributed by atoms with Gasteiger partial charge in [0.15, 0.2) is 0 Å². The molecule has 0 aromatic heterocycles. The second-order valence-corrected chi connectivity index (χ2v) is 3.82. The predicted molar refractivity (Wildman–Crippen MR) is 50.4 cm³/mol. The summed E-state index contributed by atoms with van der Waals surface area (Å²) in [6, 6.07) is 0.102. The van der Waals surface area contributed by atoms with Crippen molar-refractivity contribution >= 4 is 6.03 Å². The van der Waals surface area contributed by atoms with Crippen molar-refractivity contribution in [1.82, 2.24) is 10.2 Å². The molecular formula is C9H18N2O2. The van der Waals surface area contributed by atoms with Gasteiger partial charge in [-0.15, -0.1) is 0 Å². The van der Waals surface area contributed by atoms with Crippen molar-refractivity contribution < 1.29 is 9.90 Å². The Morgan fingerprint density at radius 2 is 2.23 bits per heavy atom. The number of nitrogens with one attached hydrogen (secondary N) is 1. The molecule has 1 saturated carbocycles. The minimum Gasteiger partial charge on any atom is -0.396 e. The van der Waals surface area contributed by atoms with Gasteiger partial charge in [-0.1, -0.05) is 6.42 Å². The molecule has 76 valence electrons. The molecule has 0 aromatic carbocycles. The number of carbonyl (C=O) groups is 1. The summed E-state index contributed by atoms with van der Waals surface area (Å²) in [5.74, 6) is 0.254. The van der Waals surface area contributed by atoms with Crippen LogP contribution >= 0.6 is 0 Å². The van der Waals surface area contributed by atoms with Crippen LogP contribution in [0, 0.1) is 5.92 Å². The van der Waals surface area contributed by atoms with E-state index in [0.29, 0.717) is 0 Å². The van der Waals surface area contributed by atoms with E-state index in [-0.39, 0.29) is 24.6 Å². The van der Waals surface area contributed by atoms with E-state index in [0.717, 1.165) is 19.3 Å². The number of aliphatic hydroxyl groups is 1. The first-order chi connectivity index (χ1) is 6.15. The zero-order valence-electron chi connectivity index (χ0n) is 8.29. The minimum absolute atomic E-state index is 0.0645. The van der Waals surface area contributed by atoms with E-state index in [1.807, 2.05) is 0 Å². The van der Waals surface area contributed by atoms with E-state index in [4.69, 9.17) is 5.11 Å². The third-order valence-electron chi connectivity index (χ3n) is 2.61. The number of carbonyl (C=O) groups excluding carboxylic acids is 1. The Kier molecular flexibility index (Phi) is 3.54. The third kappa shape index (κ3) is 2.59. The molecule has 2 N–H and O–H groups in total. The van der Waals surface area contributed by atoms with Crippen molar-refractivity contribution in [2.24, 2.45) is 5.92 Å².